The summed E-state index contributed by atoms with van der Waals surface area (Å²) in [6.07, 6.45) is 9.53. The SMILES string of the molecule is CCCC[N+](CCCC)(CCCC)CCCCS(=O)(=O)O.CS(=O)(=O)O. The van der Waals surface area contributed by atoms with Crippen LogP contribution in [0.4, 0.5) is 0 Å². The smallest absolute Gasteiger partial charge is 0.264 e. The first-order chi connectivity index (χ1) is 11.9. The van der Waals surface area contributed by atoms with Gasteiger partial charge in [-0.25, -0.2) is 0 Å². The summed E-state index contributed by atoms with van der Waals surface area (Å²) in [7, 11) is -7.47. The largest absolute Gasteiger partial charge is 0.324 e. The van der Waals surface area contributed by atoms with Crippen molar-refractivity contribution in [1.29, 1.82) is 0 Å². The maximum absolute atomic E-state index is 10.8. The van der Waals surface area contributed by atoms with Gasteiger partial charge in [0.2, 0.25) is 0 Å². The molecule has 0 aromatic heterocycles. The van der Waals surface area contributed by atoms with E-state index in [2.05, 4.69) is 20.8 Å². The van der Waals surface area contributed by atoms with Crippen LogP contribution < -0.4 is 0 Å². The van der Waals surface area contributed by atoms with Crippen molar-refractivity contribution in [3.8, 4) is 0 Å². The molecule has 0 aromatic carbocycles. The van der Waals surface area contributed by atoms with Crippen LogP contribution in [0.3, 0.4) is 0 Å². The molecule has 0 heterocycles. The molecule has 160 valence electrons. The van der Waals surface area contributed by atoms with Gasteiger partial charge in [0.05, 0.1) is 38.2 Å². The molecular formula is C17H40NO6S2+. The molecule has 0 aliphatic carbocycles. The standard InChI is InChI=1S/C16H35NO3S.CH4O3S/c1-4-7-12-17(13-8-5-2,14-9-6-3)15-10-11-16-21(18,19)20;1-5(2,3)4/h4-16H2,1-3H3;1H3,(H,2,3,4)/p+1. The van der Waals surface area contributed by atoms with E-state index in [0.29, 0.717) is 12.7 Å². The maximum atomic E-state index is 10.8. The third-order valence-electron chi connectivity index (χ3n) is 4.24. The van der Waals surface area contributed by atoms with E-state index in [1.165, 1.54) is 58.2 Å². The molecular weight excluding hydrogens is 378 g/mol. The van der Waals surface area contributed by atoms with Crippen LogP contribution in [0.2, 0.25) is 0 Å². The third kappa shape index (κ3) is 21.8. The van der Waals surface area contributed by atoms with Crippen molar-refractivity contribution in [1.82, 2.24) is 0 Å². The normalized spacial score (nSPS) is 12.5. The Morgan fingerprint density at radius 3 is 1.23 bits per heavy atom. The van der Waals surface area contributed by atoms with Crippen LogP contribution in [0.15, 0.2) is 0 Å². The lowest BCUT2D eigenvalue weighted by atomic mass is 10.1. The molecule has 0 amide bonds. The van der Waals surface area contributed by atoms with Crippen LogP contribution >= 0.6 is 0 Å². The Morgan fingerprint density at radius 1 is 0.654 bits per heavy atom. The van der Waals surface area contributed by atoms with E-state index >= 15 is 0 Å². The van der Waals surface area contributed by atoms with Gasteiger partial charge in [0.1, 0.15) is 0 Å². The molecule has 0 aliphatic heterocycles. The second-order valence-corrected chi connectivity index (χ2v) is 10.1. The molecule has 0 radical (unpaired) electrons. The van der Waals surface area contributed by atoms with Crippen molar-refractivity contribution < 1.29 is 30.4 Å². The van der Waals surface area contributed by atoms with E-state index in [-0.39, 0.29) is 5.75 Å². The van der Waals surface area contributed by atoms with Crippen LogP contribution in [0.1, 0.15) is 72.1 Å². The van der Waals surface area contributed by atoms with Gasteiger partial charge in [-0.1, -0.05) is 40.0 Å². The van der Waals surface area contributed by atoms with Crippen LogP contribution in [0.5, 0.6) is 0 Å². The summed E-state index contributed by atoms with van der Waals surface area (Å²) in [5.74, 6) is -0.0949. The average molecular weight is 419 g/mol. The highest BCUT2D eigenvalue weighted by Crippen LogP contribution is 2.16. The number of unbranched alkanes of at least 4 members (excludes halogenated alkanes) is 4. The van der Waals surface area contributed by atoms with Crippen LogP contribution in [-0.4, -0.2) is 68.6 Å². The fraction of sp³-hybridized carbons (Fsp3) is 1.00. The summed E-state index contributed by atoms with van der Waals surface area (Å²) in [4.78, 5) is 0. The molecule has 0 spiro atoms. The minimum absolute atomic E-state index is 0.0949. The lowest BCUT2D eigenvalue weighted by Gasteiger charge is -2.39. The van der Waals surface area contributed by atoms with Gasteiger partial charge in [-0.15, -0.1) is 0 Å². The van der Waals surface area contributed by atoms with Gasteiger partial charge >= 0.3 is 0 Å². The van der Waals surface area contributed by atoms with E-state index in [0.717, 1.165) is 17.4 Å². The van der Waals surface area contributed by atoms with E-state index in [4.69, 9.17) is 9.11 Å². The van der Waals surface area contributed by atoms with Crippen molar-refractivity contribution in [3.05, 3.63) is 0 Å². The van der Waals surface area contributed by atoms with Gasteiger partial charge in [0, 0.05) is 0 Å². The number of quaternary nitrogens is 1. The summed E-state index contributed by atoms with van der Waals surface area (Å²) in [6.45, 7) is 11.4. The first-order valence-corrected chi connectivity index (χ1v) is 13.1. The third-order valence-corrected chi connectivity index (χ3v) is 5.05. The summed E-state index contributed by atoms with van der Waals surface area (Å²) in [6, 6.07) is 0. The predicted molar refractivity (Wildman–Crippen MR) is 108 cm³/mol. The monoisotopic (exact) mass is 418 g/mol. The first-order valence-electron chi connectivity index (χ1n) is 9.61. The van der Waals surface area contributed by atoms with Gasteiger partial charge in [-0.2, -0.15) is 16.8 Å². The fourth-order valence-corrected chi connectivity index (χ4v) is 3.45. The number of rotatable bonds is 14. The minimum Gasteiger partial charge on any atom is -0.324 e. The molecule has 7 nitrogen and oxygen atoms in total. The topological polar surface area (TPSA) is 109 Å². The first kappa shape index (κ1) is 28.0. The van der Waals surface area contributed by atoms with Crippen LogP contribution in [0.25, 0.3) is 0 Å². The zero-order chi connectivity index (χ0) is 20.7. The molecule has 0 saturated heterocycles. The predicted octanol–water partition coefficient (Wildman–Crippen LogP) is 3.38. The van der Waals surface area contributed by atoms with Crippen molar-refractivity contribution in [2.45, 2.75) is 72.1 Å². The summed E-state index contributed by atoms with van der Waals surface area (Å²) in [5, 5.41) is 0. The highest BCUT2D eigenvalue weighted by Gasteiger charge is 2.25. The average Bonchev–Trinajstić information content (AvgIpc) is 2.50. The van der Waals surface area contributed by atoms with Gasteiger partial charge < -0.3 is 4.48 Å². The van der Waals surface area contributed by atoms with Gasteiger partial charge in [0.15, 0.2) is 0 Å². The Morgan fingerprint density at radius 2 is 0.962 bits per heavy atom. The van der Waals surface area contributed by atoms with Crippen molar-refractivity contribution in [2.75, 3.05) is 38.2 Å². The molecule has 0 aromatic rings. The zero-order valence-electron chi connectivity index (χ0n) is 17.0. The molecule has 9 heteroatoms. The molecule has 0 bridgehead atoms. The van der Waals surface area contributed by atoms with Gasteiger partial charge in [0.25, 0.3) is 20.2 Å². The van der Waals surface area contributed by atoms with Crippen molar-refractivity contribution in [2.24, 2.45) is 0 Å². The molecule has 0 fully saturated rings. The van der Waals surface area contributed by atoms with Crippen molar-refractivity contribution in [3.63, 3.8) is 0 Å². The molecule has 26 heavy (non-hydrogen) atoms. The highest BCUT2D eigenvalue weighted by atomic mass is 32.2. The minimum atomic E-state index is -3.80. The number of hydrogen-bond acceptors (Lipinski definition) is 4. The Hall–Kier alpha value is -0.220. The summed E-state index contributed by atoms with van der Waals surface area (Å²) < 4.78 is 57.5. The fourth-order valence-electron chi connectivity index (χ4n) is 2.88. The lowest BCUT2D eigenvalue weighted by molar-refractivity contribution is -0.929. The molecule has 2 N–H and O–H groups in total. The van der Waals surface area contributed by atoms with E-state index in [1.807, 2.05) is 0 Å². The second kappa shape index (κ2) is 14.8. The quantitative estimate of drug-likeness (QED) is 0.254. The summed E-state index contributed by atoms with van der Waals surface area (Å²) in [5.41, 5.74) is 0. The molecule has 0 rings (SSSR count). The van der Waals surface area contributed by atoms with Crippen molar-refractivity contribution >= 4 is 20.2 Å². The van der Waals surface area contributed by atoms with Gasteiger partial charge in [-0.3, -0.25) is 9.11 Å². The number of nitrogens with zero attached hydrogens (tertiary/aromatic N) is 1. The van der Waals surface area contributed by atoms with E-state index < -0.39 is 20.2 Å². The maximum Gasteiger partial charge on any atom is 0.264 e. The van der Waals surface area contributed by atoms with E-state index in [9.17, 15) is 16.8 Å². The van der Waals surface area contributed by atoms with Crippen LogP contribution in [-0.2, 0) is 20.2 Å². The summed E-state index contributed by atoms with van der Waals surface area (Å²) >= 11 is 0. The molecule has 0 unspecified atom stereocenters. The van der Waals surface area contributed by atoms with Crippen LogP contribution in [0, 0.1) is 0 Å². The molecule has 0 atom stereocenters. The van der Waals surface area contributed by atoms with Gasteiger partial charge in [-0.05, 0) is 32.1 Å². The Kier molecular flexibility index (Phi) is 15.9. The Balaban J connectivity index is 0. The lowest BCUT2D eigenvalue weighted by Crippen LogP contribution is -2.50. The Bertz CT molecular complexity index is 502. The number of hydrogen-bond donors (Lipinski definition) is 2. The zero-order valence-corrected chi connectivity index (χ0v) is 18.6. The Labute approximate surface area is 161 Å². The highest BCUT2D eigenvalue weighted by molar-refractivity contribution is 7.85. The molecule has 0 saturated carbocycles. The second-order valence-electron chi connectivity index (χ2n) is 7.02. The molecule has 0 aliphatic rings. The van der Waals surface area contributed by atoms with E-state index in [1.54, 1.807) is 0 Å².